The Bertz CT molecular complexity index is 317. The predicted octanol–water partition coefficient (Wildman–Crippen LogP) is 1.57. The molecule has 2 rings (SSSR count). The summed E-state index contributed by atoms with van der Waals surface area (Å²) in [6.07, 6.45) is 2.12. The van der Waals surface area contributed by atoms with Crippen molar-refractivity contribution in [3.05, 3.63) is 22.4 Å². The lowest BCUT2D eigenvalue weighted by molar-refractivity contribution is 0.0704. The van der Waals surface area contributed by atoms with Crippen molar-refractivity contribution >= 4 is 17.2 Å². The van der Waals surface area contributed by atoms with Gasteiger partial charge in [0.05, 0.1) is 5.56 Å². The summed E-state index contributed by atoms with van der Waals surface area (Å²) < 4.78 is 0. The van der Waals surface area contributed by atoms with Crippen LogP contribution in [0.5, 0.6) is 0 Å². The summed E-state index contributed by atoms with van der Waals surface area (Å²) in [5.41, 5.74) is 0.820. The molecule has 1 N–H and O–H groups in total. The monoisotopic (exact) mass is 224 g/mol. The Morgan fingerprint density at radius 1 is 1.53 bits per heavy atom. The summed E-state index contributed by atoms with van der Waals surface area (Å²) in [5.74, 6) is 0.156. The zero-order chi connectivity index (χ0) is 10.7. The van der Waals surface area contributed by atoms with E-state index in [4.69, 9.17) is 0 Å². The first-order valence-electron chi connectivity index (χ1n) is 5.29. The minimum Gasteiger partial charge on any atom is -0.339 e. The van der Waals surface area contributed by atoms with Gasteiger partial charge in [0, 0.05) is 18.5 Å². The molecule has 15 heavy (non-hydrogen) atoms. The predicted molar refractivity (Wildman–Crippen MR) is 62.3 cm³/mol. The summed E-state index contributed by atoms with van der Waals surface area (Å²) in [4.78, 5) is 13.9. The van der Waals surface area contributed by atoms with Crippen LogP contribution >= 0.6 is 11.3 Å². The Balaban J connectivity index is 2.00. The molecule has 2 heterocycles. The lowest BCUT2D eigenvalue weighted by Crippen LogP contribution is -2.43. The van der Waals surface area contributed by atoms with Crippen LogP contribution in [-0.2, 0) is 0 Å². The number of carbonyl (C=O) groups is 1. The van der Waals surface area contributed by atoms with Gasteiger partial charge in [0.25, 0.3) is 5.91 Å². The second kappa shape index (κ2) is 4.77. The van der Waals surface area contributed by atoms with Crippen LogP contribution < -0.4 is 5.32 Å². The van der Waals surface area contributed by atoms with Crippen LogP contribution in [0.2, 0.25) is 0 Å². The highest BCUT2D eigenvalue weighted by Crippen LogP contribution is 2.15. The van der Waals surface area contributed by atoms with Crippen LogP contribution in [0.15, 0.2) is 16.8 Å². The normalized spacial score (nSPS) is 17.7. The largest absolute Gasteiger partial charge is 0.339 e. The van der Waals surface area contributed by atoms with Gasteiger partial charge in [-0.2, -0.15) is 11.3 Å². The molecule has 0 aromatic carbocycles. The summed E-state index contributed by atoms with van der Waals surface area (Å²) in [7, 11) is 1.91. The maximum Gasteiger partial charge on any atom is 0.254 e. The van der Waals surface area contributed by atoms with E-state index < -0.39 is 0 Å². The van der Waals surface area contributed by atoms with Crippen molar-refractivity contribution in [2.75, 3.05) is 20.1 Å². The van der Waals surface area contributed by atoms with Gasteiger partial charge in [0.15, 0.2) is 0 Å². The molecule has 0 saturated carbocycles. The molecule has 82 valence electrons. The van der Waals surface area contributed by atoms with Crippen molar-refractivity contribution in [3.8, 4) is 0 Å². The van der Waals surface area contributed by atoms with Gasteiger partial charge in [-0.1, -0.05) is 0 Å². The van der Waals surface area contributed by atoms with Gasteiger partial charge >= 0.3 is 0 Å². The average molecular weight is 224 g/mol. The smallest absolute Gasteiger partial charge is 0.254 e. The van der Waals surface area contributed by atoms with Crippen molar-refractivity contribution in [2.45, 2.75) is 18.9 Å². The minimum absolute atomic E-state index is 0.156. The van der Waals surface area contributed by atoms with Crippen LogP contribution in [0.1, 0.15) is 23.2 Å². The first-order chi connectivity index (χ1) is 7.29. The Labute approximate surface area is 94.1 Å². The Hall–Kier alpha value is -0.870. The lowest BCUT2D eigenvalue weighted by atomic mass is 10.0. The van der Waals surface area contributed by atoms with Gasteiger partial charge in [0.1, 0.15) is 0 Å². The fraction of sp³-hybridized carbons (Fsp3) is 0.545. The van der Waals surface area contributed by atoms with Crippen LogP contribution in [0.25, 0.3) is 0 Å². The molecule has 0 aliphatic carbocycles. The van der Waals surface area contributed by atoms with Crippen LogP contribution in [-0.4, -0.2) is 37.0 Å². The average Bonchev–Trinajstić information content (AvgIpc) is 2.82. The molecule has 0 radical (unpaired) electrons. The molecule has 0 bridgehead atoms. The molecular formula is C11H16N2OS. The SMILES string of the molecule is CN(C(=O)c1ccsc1)C1CCNCC1. The molecule has 1 aromatic heterocycles. The van der Waals surface area contributed by atoms with E-state index in [2.05, 4.69) is 5.32 Å². The highest BCUT2D eigenvalue weighted by Gasteiger charge is 2.22. The van der Waals surface area contributed by atoms with Gasteiger partial charge in [-0.3, -0.25) is 4.79 Å². The molecule has 1 fully saturated rings. The summed E-state index contributed by atoms with van der Waals surface area (Å²) in [6.45, 7) is 2.04. The van der Waals surface area contributed by atoms with Crippen molar-refractivity contribution in [1.29, 1.82) is 0 Å². The van der Waals surface area contributed by atoms with Crippen LogP contribution in [0.3, 0.4) is 0 Å². The van der Waals surface area contributed by atoms with E-state index in [1.165, 1.54) is 0 Å². The molecule has 0 spiro atoms. The molecule has 1 aliphatic rings. The van der Waals surface area contributed by atoms with E-state index in [1.807, 2.05) is 28.8 Å². The number of piperidine rings is 1. The van der Waals surface area contributed by atoms with Gasteiger partial charge in [0.2, 0.25) is 0 Å². The van der Waals surface area contributed by atoms with Crippen molar-refractivity contribution in [2.24, 2.45) is 0 Å². The van der Waals surface area contributed by atoms with Crippen LogP contribution in [0.4, 0.5) is 0 Å². The van der Waals surface area contributed by atoms with Gasteiger partial charge in [-0.15, -0.1) is 0 Å². The molecule has 3 nitrogen and oxygen atoms in total. The summed E-state index contributed by atoms with van der Waals surface area (Å²) >= 11 is 1.57. The highest BCUT2D eigenvalue weighted by molar-refractivity contribution is 7.08. The number of carbonyl (C=O) groups excluding carboxylic acids is 1. The molecule has 1 aromatic rings. The third kappa shape index (κ3) is 2.38. The van der Waals surface area contributed by atoms with Crippen LogP contribution in [0, 0.1) is 0 Å². The fourth-order valence-electron chi connectivity index (χ4n) is 1.95. The number of rotatable bonds is 2. The molecular weight excluding hydrogens is 208 g/mol. The maximum atomic E-state index is 12.0. The van der Waals surface area contributed by atoms with E-state index in [0.717, 1.165) is 31.5 Å². The number of hydrogen-bond acceptors (Lipinski definition) is 3. The zero-order valence-corrected chi connectivity index (χ0v) is 9.72. The van der Waals surface area contributed by atoms with Crippen molar-refractivity contribution in [1.82, 2.24) is 10.2 Å². The Morgan fingerprint density at radius 2 is 2.27 bits per heavy atom. The zero-order valence-electron chi connectivity index (χ0n) is 8.90. The number of nitrogens with zero attached hydrogens (tertiary/aromatic N) is 1. The molecule has 0 unspecified atom stereocenters. The topological polar surface area (TPSA) is 32.3 Å². The van der Waals surface area contributed by atoms with E-state index in [0.29, 0.717) is 6.04 Å². The van der Waals surface area contributed by atoms with Crippen molar-refractivity contribution in [3.63, 3.8) is 0 Å². The Morgan fingerprint density at radius 3 is 2.87 bits per heavy atom. The quantitative estimate of drug-likeness (QED) is 0.827. The fourth-order valence-corrected chi connectivity index (χ4v) is 2.58. The van der Waals surface area contributed by atoms with E-state index >= 15 is 0 Å². The maximum absolute atomic E-state index is 12.0. The first kappa shape index (κ1) is 10.6. The Kier molecular flexibility index (Phi) is 3.38. The summed E-state index contributed by atoms with van der Waals surface area (Å²) in [6, 6.07) is 2.29. The molecule has 1 saturated heterocycles. The van der Waals surface area contributed by atoms with Crippen molar-refractivity contribution < 1.29 is 4.79 Å². The second-order valence-electron chi connectivity index (χ2n) is 3.91. The third-order valence-corrected chi connectivity index (χ3v) is 3.63. The minimum atomic E-state index is 0.156. The molecule has 1 aliphatic heterocycles. The number of nitrogens with one attached hydrogen (secondary N) is 1. The van der Waals surface area contributed by atoms with E-state index in [9.17, 15) is 4.79 Å². The summed E-state index contributed by atoms with van der Waals surface area (Å²) in [5, 5.41) is 7.17. The number of amides is 1. The molecule has 4 heteroatoms. The highest BCUT2D eigenvalue weighted by atomic mass is 32.1. The lowest BCUT2D eigenvalue weighted by Gasteiger charge is -2.31. The number of hydrogen-bond donors (Lipinski definition) is 1. The molecule has 0 atom stereocenters. The second-order valence-corrected chi connectivity index (χ2v) is 4.69. The molecule has 1 amide bonds. The van der Waals surface area contributed by atoms with E-state index in [1.54, 1.807) is 11.3 Å². The van der Waals surface area contributed by atoms with Gasteiger partial charge in [-0.05, 0) is 37.4 Å². The van der Waals surface area contributed by atoms with Gasteiger partial charge in [-0.25, -0.2) is 0 Å². The third-order valence-electron chi connectivity index (χ3n) is 2.94. The first-order valence-corrected chi connectivity index (χ1v) is 6.23. The van der Waals surface area contributed by atoms with Gasteiger partial charge < -0.3 is 10.2 Å². The standard InChI is InChI=1S/C11H16N2OS/c1-13(10-2-5-12-6-3-10)11(14)9-4-7-15-8-9/h4,7-8,10,12H,2-3,5-6H2,1H3. The van der Waals surface area contributed by atoms with E-state index in [-0.39, 0.29) is 5.91 Å². The number of thiophene rings is 1.